The normalized spacial score (nSPS) is 9.81. The van der Waals surface area contributed by atoms with Crippen molar-refractivity contribution in [1.82, 2.24) is 0 Å². The molecule has 0 radical (unpaired) electrons. The Morgan fingerprint density at radius 2 is 1.94 bits per heavy atom. The van der Waals surface area contributed by atoms with Crippen LogP contribution in [0.3, 0.4) is 0 Å². The van der Waals surface area contributed by atoms with Crippen molar-refractivity contribution in [2.24, 2.45) is 5.73 Å². The first-order valence-corrected chi connectivity index (χ1v) is 4.32. The first kappa shape index (κ1) is 11.9. The molecule has 0 aromatic heterocycles. The molecule has 1 aromatic rings. The van der Waals surface area contributed by atoms with Crippen molar-refractivity contribution in [2.75, 3.05) is 13.2 Å². The molecule has 0 bridgehead atoms. The molecule has 0 saturated heterocycles. The lowest BCUT2D eigenvalue weighted by atomic mass is 10.2. The lowest BCUT2D eigenvalue weighted by Crippen LogP contribution is -2.11. The third kappa shape index (κ3) is 2.64. The van der Waals surface area contributed by atoms with Crippen molar-refractivity contribution in [3.8, 4) is 5.75 Å². The van der Waals surface area contributed by atoms with Gasteiger partial charge in [-0.3, -0.25) is 20.2 Å². The fourth-order valence-corrected chi connectivity index (χ4v) is 1.05. The second kappa shape index (κ2) is 5.03. The summed E-state index contributed by atoms with van der Waals surface area (Å²) in [6.07, 6.45) is 0. The van der Waals surface area contributed by atoms with Gasteiger partial charge in [-0.1, -0.05) is 0 Å². The van der Waals surface area contributed by atoms with E-state index in [2.05, 4.69) is 0 Å². The van der Waals surface area contributed by atoms with Crippen molar-refractivity contribution in [2.45, 2.75) is 0 Å². The number of rotatable bonds is 5. The van der Waals surface area contributed by atoms with Crippen LogP contribution in [-0.2, 0) is 0 Å². The van der Waals surface area contributed by atoms with Gasteiger partial charge in [-0.25, -0.2) is 0 Å². The number of hydrogen-bond donors (Lipinski definition) is 1. The fourth-order valence-electron chi connectivity index (χ4n) is 1.05. The van der Waals surface area contributed by atoms with E-state index in [0.717, 1.165) is 12.1 Å². The second-order valence-corrected chi connectivity index (χ2v) is 2.80. The van der Waals surface area contributed by atoms with Gasteiger partial charge in [0.2, 0.25) is 0 Å². The van der Waals surface area contributed by atoms with E-state index >= 15 is 0 Å². The van der Waals surface area contributed by atoms with E-state index < -0.39 is 15.5 Å². The van der Waals surface area contributed by atoms with Crippen LogP contribution in [-0.4, -0.2) is 23.0 Å². The van der Waals surface area contributed by atoms with Crippen LogP contribution < -0.4 is 10.5 Å². The zero-order chi connectivity index (χ0) is 12.1. The molecule has 1 aromatic carbocycles. The van der Waals surface area contributed by atoms with Gasteiger partial charge in [0.1, 0.15) is 6.61 Å². The number of hydrogen-bond acceptors (Lipinski definition) is 6. The molecule has 0 aliphatic rings. The molecule has 0 saturated carbocycles. The molecule has 86 valence electrons. The van der Waals surface area contributed by atoms with Gasteiger partial charge in [0.05, 0.1) is 15.9 Å². The summed E-state index contributed by atoms with van der Waals surface area (Å²) in [6.45, 7) is 0.312. The van der Waals surface area contributed by atoms with Crippen LogP contribution in [0.4, 0.5) is 11.4 Å². The van der Waals surface area contributed by atoms with Crippen molar-refractivity contribution < 1.29 is 14.6 Å². The first-order valence-electron chi connectivity index (χ1n) is 4.32. The molecule has 0 amide bonds. The average molecular weight is 227 g/mol. The summed E-state index contributed by atoms with van der Waals surface area (Å²) in [4.78, 5) is 19.6. The Hall–Kier alpha value is -2.22. The van der Waals surface area contributed by atoms with Gasteiger partial charge < -0.3 is 10.5 Å². The monoisotopic (exact) mass is 227 g/mol. The van der Waals surface area contributed by atoms with Crippen LogP contribution >= 0.6 is 0 Å². The summed E-state index contributed by atoms with van der Waals surface area (Å²) >= 11 is 0. The Morgan fingerprint density at radius 1 is 1.25 bits per heavy atom. The van der Waals surface area contributed by atoms with Crippen LogP contribution in [0.15, 0.2) is 18.2 Å². The van der Waals surface area contributed by atoms with Crippen molar-refractivity contribution in [3.05, 3.63) is 38.4 Å². The lowest BCUT2D eigenvalue weighted by Gasteiger charge is -2.04. The predicted octanol–water partition coefficient (Wildman–Crippen LogP) is 0.840. The van der Waals surface area contributed by atoms with Gasteiger partial charge in [-0.05, 0) is 6.07 Å². The smallest absolute Gasteiger partial charge is 0.317 e. The molecule has 0 heterocycles. The number of benzene rings is 1. The zero-order valence-corrected chi connectivity index (χ0v) is 8.16. The number of nitrogens with two attached hydrogens (primary N) is 1. The first-order chi connectivity index (χ1) is 7.56. The predicted molar refractivity (Wildman–Crippen MR) is 54.3 cm³/mol. The van der Waals surface area contributed by atoms with Crippen molar-refractivity contribution >= 4 is 11.4 Å². The average Bonchev–Trinajstić information content (AvgIpc) is 2.25. The van der Waals surface area contributed by atoms with Crippen LogP contribution in [0.5, 0.6) is 5.75 Å². The molecule has 8 nitrogen and oxygen atoms in total. The third-order valence-electron chi connectivity index (χ3n) is 1.73. The van der Waals surface area contributed by atoms with Crippen LogP contribution in [0.1, 0.15) is 0 Å². The molecule has 0 fully saturated rings. The minimum Gasteiger partial charge on any atom is -0.485 e. The summed E-state index contributed by atoms with van der Waals surface area (Å²) in [5, 5.41) is 21.1. The molecular formula is C8H9N3O5. The summed E-state index contributed by atoms with van der Waals surface area (Å²) in [7, 11) is 0. The topological polar surface area (TPSA) is 122 Å². The maximum Gasteiger partial charge on any atom is 0.317 e. The molecular weight excluding hydrogens is 218 g/mol. The third-order valence-corrected chi connectivity index (χ3v) is 1.73. The van der Waals surface area contributed by atoms with Gasteiger partial charge in [0.25, 0.3) is 5.69 Å². The second-order valence-electron chi connectivity index (χ2n) is 2.80. The Labute approximate surface area is 89.9 Å². The highest BCUT2D eigenvalue weighted by atomic mass is 16.6. The zero-order valence-electron chi connectivity index (χ0n) is 8.16. The highest BCUT2D eigenvalue weighted by Gasteiger charge is 2.20. The summed E-state index contributed by atoms with van der Waals surface area (Å²) in [6, 6.07) is 3.18. The van der Waals surface area contributed by atoms with Crippen LogP contribution in [0.25, 0.3) is 0 Å². The van der Waals surface area contributed by atoms with E-state index in [1.54, 1.807) is 0 Å². The molecule has 0 spiro atoms. The van der Waals surface area contributed by atoms with Gasteiger partial charge in [-0.2, -0.15) is 0 Å². The quantitative estimate of drug-likeness (QED) is 0.587. The molecule has 0 unspecified atom stereocenters. The molecule has 0 atom stereocenters. The Morgan fingerprint density at radius 3 is 2.44 bits per heavy atom. The van der Waals surface area contributed by atoms with Gasteiger partial charge >= 0.3 is 5.69 Å². The fraction of sp³-hybridized carbons (Fsp3) is 0.250. The SMILES string of the molecule is NCCOc1ccc([N+](=O)[O-])cc1[N+](=O)[O-]. The van der Waals surface area contributed by atoms with E-state index in [1.807, 2.05) is 0 Å². The molecule has 2 N–H and O–H groups in total. The maximum atomic E-state index is 10.6. The molecule has 0 aliphatic carbocycles. The van der Waals surface area contributed by atoms with Crippen LogP contribution in [0.2, 0.25) is 0 Å². The summed E-state index contributed by atoms with van der Waals surface area (Å²) in [5.74, 6) is -0.0268. The highest BCUT2D eigenvalue weighted by molar-refractivity contribution is 5.53. The van der Waals surface area contributed by atoms with E-state index in [4.69, 9.17) is 10.5 Å². The van der Waals surface area contributed by atoms with E-state index in [0.29, 0.717) is 0 Å². The molecule has 0 aliphatic heterocycles. The number of ether oxygens (including phenoxy) is 1. The number of nitrogens with zero attached hydrogens (tertiary/aromatic N) is 2. The molecule has 1 rings (SSSR count). The number of non-ortho nitro benzene ring substituents is 1. The highest BCUT2D eigenvalue weighted by Crippen LogP contribution is 2.30. The summed E-state index contributed by atoms with van der Waals surface area (Å²) in [5.41, 5.74) is 4.38. The lowest BCUT2D eigenvalue weighted by molar-refractivity contribution is -0.394. The maximum absolute atomic E-state index is 10.6. The van der Waals surface area contributed by atoms with Crippen molar-refractivity contribution in [3.63, 3.8) is 0 Å². The van der Waals surface area contributed by atoms with Gasteiger partial charge in [0, 0.05) is 12.6 Å². The Kier molecular flexibility index (Phi) is 3.72. The largest absolute Gasteiger partial charge is 0.485 e. The minimum atomic E-state index is -0.737. The minimum absolute atomic E-state index is 0.0268. The van der Waals surface area contributed by atoms with E-state index in [1.165, 1.54) is 6.07 Å². The van der Waals surface area contributed by atoms with E-state index in [-0.39, 0.29) is 24.6 Å². The number of nitro groups is 2. The Balaban J connectivity index is 3.09. The van der Waals surface area contributed by atoms with Gasteiger partial charge in [0.15, 0.2) is 5.75 Å². The molecule has 8 heteroatoms. The van der Waals surface area contributed by atoms with Crippen LogP contribution in [0, 0.1) is 20.2 Å². The standard InChI is InChI=1S/C8H9N3O5/c9-3-4-16-8-2-1-6(10(12)13)5-7(8)11(14)15/h1-2,5H,3-4,9H2. The van der Waals surface area contributed by atoms with Crippen molar-refractivity contribution in [1.29, 1.82) is 0 Å². The van der Waals surface area contributed by atoms with E-state index in [9.17, 15) is 20.2 Å². The van der Waals surface area contributed by atoms with Gasteiger partial charge in [-0.15, -0.1) is 0 Å². The Bertz CT molecular complexity index is 420. The number of nitro benzene ring substituents is 2. The molecule has 16 heavy (non-hydrogen) atoms. The summed E-state index contributed by atoms with van der Waals surface area (Å²) < 4.78 is 4.99.